The van der Waals surface area contributed by atoms with Gasteiger partial charge >= 0.3 is 0 Å². The van der Waals surface area contributed by atoms with E-state index in [2.05, 4.69) is 17.5 Å². The average molecular weight is 361 g/mol. The Hall–Kier alpha value is -1.65. The van der Waals surface area contributed by atoms with Crippen LogP contribution in [0.15, 0.2) is 35.4 Å². The third kappa shape index (κ3) is 3.87. The molecule has 0 fully saturated rings. The molecule has 0 saturated heterocycles. The zero-order valence-electron chi connectivity index (χ0n) is 13.9. The lowest BCUT2D eigenvalue weighted by Crippen LogP contribution is -2.19. The fourth-order valence-corrected chi connectivity index (χ4v) is 4.30. The van der Waals surface area contributed by atoms with Crippen molar-refractivity contribution in [2.45, 2.75) is 39.5 Å². The van der Waals surface area contributed by atoms with Gasteiger partial charge in [-0.3, -0.25) is 4.79 Å². The molecule has 0 spiro atoms. The Bertz CT molecular complexity index is 781. The van der Waals surface area contributed by atoms with E-state index in [9.17, 15) is 4.79 Å². The van der Waals surface area contributed by atoms with Crippen LogP contribution < -0.4 is 5.43 Å². The van der Waals surface area contributed by atoms with Gasteiger partial charge in [-0.05, 0) is 60.9 Å². The molecule has 1 heterocycles. The van der Waals surface area contributed by atoms with Crippen molar-refractivity contribution in [3.8, 4) is 0 Å². The Kier molecular flexibility index (Phi) is 5.36. The van der Waals surface area contributed by atoms with Crippen molar-refractivity contribution in [3.63, 3.8) is 0 Å². The standard InChI is InChI=1S/C19H21ClN2OS/c1-3-16(13-5-4-6-15(20)10-13)21-22-19(23)18-11-14-9-12(2)7-8-17(14)24-18/h4-6,10-12H,3,7-9H2,1-2H3,(H,22,23)/b21-16+. The molecular weight excluding hydrogens is 340 g/mol. The molecule has 0 radical (unpaired) electrons. The Morgan fingerprint density at radius 1 is 1.42 bits per heavy atom. The summed E-state index contributed by atoms with van der Waals surface area (Å²) in [6.07, 6.45) is 4.09. The molecule has 5 heteroatoms. The molecule has 1 aromatic heterocycles. The Morgan fingerprint density at radius 2 is 2.25 bits per heavy atom. The molecule has 24 heavy (non-hydrogen) atoms. The van der Waals surface area contributed by atoms with Gasteiger partial charge in [0.05, 0.1) is 10.6 Å². The second-order valence-electron chi connectivity index (χ2n) is 6.27. The second kappa shape index (κ2) is 7.49. The minimum atomic E-state index is -0.130. The molecule has 2 aromatic rings. The maximum absolute atomic E-state index is 12.4. The van der Waals surface area contributed by atoms with E-state index in [-0.39, 0.29) is 5.91 Å². The quantitative estimate of drug-likeness (QED) is 0.600. The first-order chi connectivity index (χ1) is 11.6. The monoisotopic (exact) mass is 360 g/mol. The van der Waals surface area contributed by atoms with Gasteiger partial charge in [0.15, 0.2) is 0 Å². The van der Waals surface area contributed by atoms with E-state index < -0.39 is 0 Å². The van der Waals surface area contributed by atoms with Crippen LogP contribution in [0.5, 0.6) is 0 Å². The highest BCUT2D eigenvalue weighted by molar-refractivity contribution is 7.14. The third-order valence-corrected chi connectivity index (χ3v) is 5.81. The van der Waals surface area contributed by atoms with Crippen molar-refractivity contribution in [2.24, 2.45) is 11.0 Å². The van der Waals surface area contributed by atoms with E-state index in [0.717, 1.165) is 35.4 Å². The molecule has 3 rings (SSSR count). The molecule has 1 aliphatic carbocycles. The van der Waals surface area contributed by atoms with Gasteiger partial charge in [0.25, 0.3) is 5.91 Å². The number of benzene rings is 1. The van der Waals surface area contributed by atoms with Crippen LogP contribution in [0.2, 0.25) is 5.02 Å². The highest BCUT2D eigenvalue weighted by atomic mass is 35.5. The van der Waals surface area contributed by atoms with Crippen LogP contribution in [-0.2, 0) is 12.8 Å². The van der Waals surface area contributed by atoms with Crippen molar-refractivity contribution >= 4 is 34.6 Å². The van der Waals surface area contributed by atoms with E-state index in [4.69, 9.17) is 11.6 Å². The molecule has 1 aliphatic rings. The third-order valence-electron chi connectivity index (χ3n) is 4.34. The number of halogens is 1. The average Bonchev–Trinajstić information content (AvgIpc) is 2.98. The van der Waals surface area contributed by atoms with E-state index >= 15 is 0 Å². The van der Waals surface area contributed by atoms with Crippen molar-refractivity contribution in [3.05, 3.63) is 56.2 Å². The fourth-order valence-electron chi connectivity index (χ4n) is 3.01. The molecular formula is C19H21ClN2OS. The summed E-state index contributed by atoms with van der Waals surface area (Å²) in [4.78, 5) is 14.5. The van der Waals surface area contributed by atoms with Gasteiger partial charge < -0.3 is 0 Å². The van der Waals surface area contributed by atoms with Crippen LogP contribution in [0.25, 0.3) is 0 Å². The fraction of sp³-hybridized carbons (Fsp3) is 0.368. The minimum absolute atomic E-state index is 0.130. The molecule has 1 unspecified atom stereocenters. The van der Waals surface area contributed by atoms with Crippen LogP contribution >= 0.6 is 22.9 Å². The summed E-state index contributed by atoms with van der Waals surface area (Å²) < 4.78 is 0. The minimum Gasteiger partial charge on any atom is -0.266 e. The molecule has 0 bridgehead atoms. The topological polar surface area (TPSA) is 41.5 Å². The van der Waals surface area contributed by atoms with Gasteiger partial charge in [-0.2, -0.15) is 5.10 Å². The predicted molar refractivity (Wildman–Crippen MR) is 101 cm³/mol. The highest BCUT2D eigenvalue weighted by Crippen LogP contribution is 2.32. The predicted octanol–water partition coefficient (Wildman–Crippen LogP) is 5.07. The normalized spacial score (nSPS) is 17.5. The lowest BCUT2D eigenvalue weighted by atomic mass is 9.90. The van der Waals surface area contributed by atoms with Crippen molar-refractivity contribution in [1.82, 2.24) is 5.43 Å². The number of thiophene rings is 1. The lowest BCUT2D eigenvalue weighted by molar-refractivity contribution is 0.0959. The molecule has 1 N–H and O–H groups in total. The molecule has 1 amide bonds. The first-order valence-corrected chi connectivity index (χ1v) is 9.50. The zero-order chi connectivity index (χ0) is 17.1. The molecule has 0 saturated carbocycles. The number of carbonyl (C=O) groups excluding carboxylic acids is 1. The van der Waals surface area contributed by atoms with Gasteiger partial charge in [-0.1, -0.05) is 37.6 Å². The van der Waals surface area contributed by atoms with Crippen molar-refractivity contribution in [2.75, 3.05) is 0 Å². The van der Waals surface area contributed by atoms with E-state index in [0.29, 0.717) is 10.9 Å². The van der Waals surface area contributed by atoms with Crippen LogP contribution in [-0.4, -0.2) is 11.6 Å². The van der Waals surface area contributed by atoms with Gasteiger partial charge in [-0.15, -0.1) is 11.3 Å². The summed E-state index contributed by atoms with van der Waals surface area (Å²) in [5, 5.41) is 4.98. The van der Waals surface area contributed by atoms with Crippen LogP contribution in [0.4, 0.5) is 0 Å². The molecule has 3 nitrogen and oxygen atoms in total. The number of amides is 1. The van der Waals surface area contributed by atoms with Gasteiger partial charge in [0, 0.05) is 9.90 Å². The Balaban J connectivity index is 1.74. The molecule has 1 atom stereocenters. The maximum atomic E-state index is 12.4. The SMILES string of the molecule is CC/C(=N\NC(=O)c1cc2c(s1)CCC(C)C2)c1cccc(Cl)c1. The highest BCUT2D eigenvalue weighted by Gasteiger charge is 2.20. The maximum Gasteiger partial charge on any atom is 0.281 e. The largest absolute Gasteiger partial charge is 0.281 e. The van der Waals surface area contributed by atoms with Crippen molar-refractivity contribution in [1.29, 1.82) is 0 Å². The summed E-state index contributed by atoms with van der Waals surface area (Å²) in [6.45, 7) is 4.28. The first-order valence-electron chi connectivity index (χ1n) is 8.31. The second-order valence-corrected chi connectivity index (χ2v) is 7.84. The number of hydrazone groups is 1. The number of hydrogen-bond acceptors (Lipinski definition) is 3. The zero-order valence-corrected chi connectivity index (χ0v) is 15.5. The first kappa shape index (κ1) is 17.2. The molecule has 1 aromatic carbocycles. The number of aryl methyl sites for hydroxylation is 1. The molecule has 0 aliphatic heterocycles. The van der Waals surface area contributed by atoms with Gasteiger partial charge in [0.1, 0.15) is 0 Å². The van der Waals surface area contributed by atoms with E-state index in [1.165, 1.54) is 16.9 Å². The summed E-state index contributed by atoms with van der Waals surface area (Å²) >= 11 is 7.63. The smallest absolute Gasteiger partial charge is 0.266 e. The van der Waals surface area contributed by atoms with E-state index in [1.54, 1.807) is 11.3 Å². The summed E-state index contributed by atoms with van der Waals surface area (Å²) in [5.41, 5.74) is 5.79. The number of carbonyl (C=O) groups is 1. The lowest BCUT2D eigenvalue weighted by Gasteiger charge is -2.16. The number of fused-ring (bicyclic) bond motifs is 1. The summed E-state index contributed by atoms with van der Waals surface area (Å²) in [7, 11) is 0. The van der Waals surface area contributed by atoms with Gasteiger partial charge in [0.2, 0.25) is 0 Å². The Morgan fingerprint density at radius 3 is 3.00 bits per heavy atom. The molecule has 126 valence electrons. The summed E-state index contributed by atoms with van der Waals surface area (Å²) in [6, 6.07) is 9.56. The van der Waals surface area contributed by atoms with Gasteiger partial charge in [-0.25, -0.2) is 5.43 Å². The Labute approximate surface area is 151 Å². The summed E-state index contributed by atoms with van der Waals surface area (Å²) in [5.74, 6) is 0.575. The van der Waals surface area contributed by atoms with Crippen LogP contribution in [0, 0.1) is 5.92 Å². The number of nitrogens with zero attached hydrogens (tertiary/aromatic N) is 1. The number of nitrogens with one attached hydrogen (secondary N) is 1. The van der Waals surface area contributed by atoms with Crippen molar-refractivity contribution < 1.29 is 4.79 Å². The number of hydrogen-bond donors (Lipinski definition) is 1. The van der Waals surface area contributed by atoms with Crippen LogP contribution in [0.1, 0.15) is 52.4 Å². The van der Waals surface area contributed by atoms with E-state index in [1.807, 2.05) is 37.3 Å². The van der Waals surface area contributed by atoms with Crippen LogP contribution in [0.3, 0.4) is 0 Å². The number of rotatable bonds is 4.